The number of benzene rings is 2. The van der Waals surface area contributed by atoms with E-state index < -0.39 is 0 Å². The molecule has 0 aliphatic heterocycles. The molecule has 0 radical (unpaired) electrons. The van der Waals surface area contributed by atoms with Crippen molar-refractivity contribution < 1.29 is 4.74 Å². The van der Waals surface area contributed by atoms with Crippen LogP contribution in [0.4, 0.5) is 5.69 Å². The first kappa shape index (κ1) is 11.9. The number of aromatic nitrogens is 1. The summed E-state index contributed by atoms with van der Waals surface area (Å²) < 4.78 is 5.73. The average Bonchev–Trinajstić information content (AvgIpc) is 2.80. The largest absolute Gasteiger partial charge is 0.489 e. The number of ether oxygens (including phenoxy) is 1. The third-order valence-electron chi connectivity index (χ3n) is 3.00. The second-order valence-corrected chi connectivity index (χ2v) is 4.80. The Balaban J connectivity index is 1.80. The van der Waals surface area contributed by atoms with Crippen molar-refractivity contribution in [1.82, 2.24) is 4.98 Å². The van der Waals surface area contributed by atoms with Gasteiger partial charge < -0.3 is 15.5 Å². The summed E-state index contributed by atoms with van der Waals surface area (Å²) in [6, 6.07) is 13.1. The number of hydrogen-bond acceptors (Lipinski definition) is 2. The zero-order chi connectivity index (χ0) is 13.2. The lowest BCUT2D eigenvalue weighted by Gasteiger charge is -2.05. The SMILES string of the molecule is Nc1ccc2c(COc3ccc(Cl)cc3)c[nH]c2c1. The molecule has 0 bridgehead atoms. The van der Waals surface area contributed by atoms with Gasteiger partial charge in [-0.25, -0.2) is 0 Å². The lowest BCUT2D eigenvalue weighted by molar-refractivity contribution is 0.307. The fraction of sp³-hybridized carbons (Fsp3) is 0.0667. The van der Waals surface area contributed by atoms with Crippen LogP contribution in [0.2, 0.25) is 5.02 Å². The Morgan fingerprint density at radius 3 is 2.68 bits per heavy atom. The molecule has 4 heteroatoms. The molecule has 0 fully saturated rings. The predicted octanol–water partition coefficient (Wildman–Crippen LogP) is 3.98. The number of H-pyrrole nitrogens is 1. The van der Waals surface area contributed by atoms with E-state index in [1.807, 2.05) is 48.7 Å². The van der Waals surface area contributed by atoms with Gasteiger partial charge in [0.05, 0.1) is 0 Å². The highest BCUT2D eigenvalue weighted by atomic mass is 35.5. The summed E-state index contributed by atoms with van der Waals surface area (Å²) in [5.41, 5.74) is 8.62. The molecule has 3 rings (SSSR count). The van der Waals surface area contributed by atoms with Crippen molar-refractivity contribution in [2.24, 2.45) is 0 Å². The van der Waals surface area contributed by atoms with Crippen LogP contribution in [0, 0.1) is 0 Å². The minimum atomic E-state index is 0.506. The van der Waals surface area contributed by atoms with E-state index in [0.29, 0.717) is 11.6 Å². The Labute approximate surface area is 116 Å². The van der Waals surface area contributed by atoms with Crippen molar-refractivity contribution in [2.75, 3.05) is 5.73 Å². The predicted molar refractivity (Wildman–Crippen MR) is 78.5 cm³/mol. The van der Waals surface area contributed by atoms with Crippen molar-refractivity contribution in [1.29, 1.82) is 0 Å². The smallest absolute Gasteiger partial charge is 0.119 e. The van der Waals surface area contributed by atoms with Crippen molar-refractivity contribution in [3.63, 3.8) is 0 Å². The van der Waals surface area contributed by atoms with Crippen LogP contribution in [0.5, 0.6) is 5.75 Å². The minimum Gasteiger partial charge on any atom is -0.489 e. The van der Waals surface area contributed by atoms with Gasteiger partial charge in [0.25, 0.3) is 0 Å². The number of aromatic amines is 1. The van der Waals surface area contributed by atoms with Crippen LogP contribution in [-0.4, -0.2) is 4.98 Å². The first-order chi connectivity index (χ1) is 9.22. The van der Waals surface area contributed by atoms with Crippen molar-refractivity contribution in [2.45, 2.75) is 6.61 Å². The minimum absolute atomic E-state index is 0.506. The van der Waals surface area contributed by atoms with Gasteiger partial charge in [0.15, 0.2) is 0 Å². The molecule has 0 atom stereocenters. The van der Waals surface area contributed by atoms with Crippen molar-refractivity contribution in [3.8, 4) is 5.75 Å². The number of rotatable bonds is 3. The Bertz CT molecular complexity index is 704. The molecular formula is C15H13ClN2O. The van der Waals surface area contributed by atoms with Crippen LogP contribution in [0.15, 0.2) is 48.7 Å². The summed E-state index contributed by atoms with van der Waals surface area (Å²) in [4.78, 5) is 3.19. The van der Waals surface area contributed by atoms with Crippen LogP contribution in [0.1, 0.15) is 5.56 Å². The van der Waals surface area contributed by atoms with E-state index in [0.717, 1.165) is 27.9 Å². The van der Waals surface area contributed by atoms with Crippen LogP contribution >= 0.6 is 11.6 Å². The topological polar surface area (TPSA) is 51.0 Å². The first-order valence-electron chi connectivity index (χ1n) is 5.96. The molecule has 1 aromatic heterocycles. The molecule has 0 spiro atoms. The molecule has 0 saturated heterocycles. The Hall–Kier alpha value is -2.13. The molecule has 0 unspecified atom stereocenters. The van der Waals surface area contributed by atoms with Crippen LogP contribution in [-0.2, 0) is 6.61 Å². The van der Waals surface area contributed by atoms with Gasteiger partial charge in [0, 0.05) is 33.4 Å². The molecule has 0 saturated carbocycles. The van der Waals surface area contributed by atoms with E-state index in [1.54, 1.807) is 0 Å². The lowest BCUT2D eigenvalue weighted by atomic mass is 10.2. The van der Waals surface area contributed by atoms with E-state index >= 15 is 0 Å². The Morgan fingerprint density at radius 1 is 1.11 bits per heavy atom. The van der Waals surface area contributed by atoms with Gasteiger partial charge in [0.1, 0.15) is 12.4 Å². The molecule has 3 aromatic rings. The summed E-state index contributed by atoms with van der Waals surface area (Å²) in [5.74, 6) is 0.800. The molecule has 0 aliphatic carbocycles. The average molecular weight is 273 g/mol. The quantitative estimate of drug-likeness (QED) is 0.709. The number of nitrogens with one attached hydrogen (secondary N) is 1. The maximum Gasteiger partial charge on any atom is 0.119 e. The second kappa shape index (κ2) is 4.86. The fourth-order valence-electron chi connectivity index (χ4n) is 2.02. The molecule has 3 nitrogen and oxygen atoms in total. The number of halogens is 1. The van der Waals surface area contributed by atoms with E-state index in [2.05, 4.69) is 4.98 Å². The van der Waals surface area contributed by atoms with Gasteiger partial charge in [-0.1, -0.05) is 17.7 Å². The van der Waals surface area contributed by atoms with E-state index in [4.69, 9.17) is 22.1 Å². The number of anilines is 1. The van der Waals surface area contributed by atoms with Gasteiger partial charge in [-0.3, -0.25) is 0 Å². The van der Waals surface area contributed by atoms with Gasteiger partial charge in [-0.05, 0) is 36.4 Å². The first-order valence-corrected chi connectivity index (χ1v) is 6.34. The number of fused-ring (bicyclic) bond motifs is 1. The summed E-state index contributed by atoms with van der Waals surface area (Å²) in [6.07, 6.45) is 1.94. The third-order valence-corrected chi connectivity index (χ3v) is 3.25. The van der Waals surface area contributed by atoms with E-state index in [-0.39, 0.29) is 0 Å². The zero-order valence-corrected chi connectivity index (χ0v) is 10.9. The third kappa shape index (κ3) is 2.51. The van der Waals surface area contributed by atoms with Gasteiger partial charge in [-0.2, -0.15) is 0 Å². The lowest BCUT2D eigenvalue weighted by Crippen LogP contribution is -1.94. The fourth-order valence-corrected chi connectivity index (χ4v) is 2.14. The highest BCUT2D eigenvalue weighted by Crippen LogP contribution is 2.23. The maximum absolute atomic E-state index is 5.83. The molecule has 0 amide bonds. The van der Waals surface area contributed by atoms with Gasteiger partial charge in [-0.15, -0.1) is 0 Å². The van der Waals surface area contributed by atoms with Crippen LogP contribution < -0.4 is 10.5 Å². The normalized spacial score (nSPS) is 10.8. The standard InChI is InChI=1S/C15H13ClN2O/c16-11-1-4-13(5-2-11)19-9-10-8-18-15-7-12(17)3-6-14(10)15/h1-8,18H,9,17H2. The van der Waals surface area contributed by atoms with Gasteiger partial charge >= 0.3 is 0 Å². The summed E-state index contributed by atoms with van der Waals surface area (Å²) >= 11 is 5.83. The number of nitrogen functional groups attached to an aromatic ring is 1. The molecule has 1 heterocycles. The summed E-state index contributed by atoms with van der Waals surface area (Å²) in [7, 11) is 0. The highest BCUT2D eigenvalue weighted by Gasteiger charge is 2.04. The molecular weight excluding hydrogens is 260 g/mol. The van der Waals surface area contributed by atoms with E-state index in [9.17, 15) is 0 Å². The summed E-state index contributed by atoms with van der Waals surface area (Å²) in [6.45, 7) is 0.506. The molecule has 2 aromatic carbocycles. The van der Waals surface area contributed by atoms with Crippen LogP contribution in [0.25, 0.3) is 10.9 Å². The zero-order valence-electron chi connectivity index (χ0n) is 10.2. The van der Waals surface area contributed by atoms with Gasteiger partial charge in [0.2, 0.25) is 0 Å². The molecule has 0 aliphatic rings. The highest BCUT2D eigenvalue weighted by molar-refractivity contribution is 6.30. The summed E-state index contributed by atoms with van der Waals surface area (Å²) in [5, 5.41) is 1.83. The van der Waals surface area contributed by atoms with E-state index in [1.165, 1.54) is 0 Å². The van der Waals surface area contributed by atoms with Crippen molar-refractivity contribution in [3.05, 3.63) is 59.2 Å². The monoisotopic (exact) mass is 272 g/mol. The molecule has 3 N–H and O–H groups in total. The molecule has 19 heavy (non-hydrogen) atoms. The van der Waals surface area contributed by atoms with Crippen molar-refractivity contribution >= 4 is 28.2 Å². The second-order valence-electron chi connectivity index (χ2n) is 4.36. The maximum atomic E-state index is 5.83. The number of hydrogen-bond donors (Lipinski definition) is 2. The molecule has 96 valence electrons. The Morgan fingerprint density at radius 2 is 1.89 bits per heavy atom. The Kier molecular flexibility index (Phi) is 3.05. The number of nitrogens with two attached hydrogens (primary N) is 1. The van der Waals surface area contributed by atoms with Crippen LogP contribution in [0.3, 0.4) is 0 Å².